The summed E-state index contributed by atoms with van der Waals surface area (Å²) in [5.41, 5.74) is 7.66. The minimum atomic E-state index is -0.519. The summed E-state index contributed by atoms with van der Waals surface area (Å²) in [7, 11) is 0. The van der Waals surface area contributed by atoms with E-state index in [2.05, 4.69) is 30.1 Å². The molecule has 0 aliphatic heterocycles. The van der Waals surface area contributed by atoms with Crippen molar-refractivity contribution >= 4 is 17.0 Å². The second-order valence-corrected chi connectivity index (χ2v) is 14.6. The Morgan fingerprint density at radius 1 is 0.733 bits per heavy atom. The number of nitrogens with zero attached hydrogens (tertiary/aromatic N) is 10. The maximum atomic E-state index is 13.4. The highest BCUT2D eigenvalue weighted by Crippen LogP contribution is 2.36. The fourth-order valence-electron chi connectivity index (χ4n) is 7.05. The van der Waals surface area contributed by atoms with Crippen LogP contribution in [0, 0.1) is 20.8 Å². The van der Waals surface area contributed by atoms with E-state index in [0.717, 1.165) is 86.5 Å². The van der Waals surface area contributed by atoms with Crippen LogP contribution < -0.4 is 20.9 Å². The maximum Gasteiger partial charge on any atom is 0.356 e. The smallest absolute Gasteiger partial charge is 0.356 e. The lowest BCUT2D eigenvalue weighted by atomic mass is 10.0. The highest BCUT2D eigenvalue weighted by Gasteiger charge is 2.26. The summed E-state index contributed by atoms with van der Waals surface area (Å²) in [5, 5.41) is 8.48. The van der Waals surface area contributed by atoms with Gasteiger partial charge in [-0.05, 0) is 106 Å². The summed E-state index contributed by atoms with van der Waals surface area (Å²) in [4.78, 5) is 54.5. The van der Waals surface area contributed by atoms with Crippen LogP contribution in [0.5, 0.6) is 11.5 Å². The Balaban J connectivity index is 0.000000157. The first-order valence-corrected chi connectivity index (χ1v) is 19.7. The fourth-order valence-corrected chi connectivity index (χ4v) is 7.05. The first-order valence-electron chi connectivity index (χ1n) is 19.7. The zero-order valence-electron chi connectivity index (χ0n) is 33.3. The minimum Gasteiger partial charge on any atom is -0.490 e. The van der Waals surface area contributed by atoms with Gasteiger partial charge in [0.2, 0.25) is 0 Å². The third-order valence-electron chi connectivity index (χ3n) is 10.4. The van der Waals surface area contributed by atoms with Crippen molar-refractivity contribution in [3.05, 3.63) is 141 Å². The molecule has 0 N–H and O–H groups in total. The van der Waals surface area contributed by atoms with Crippen LogP contribution in [0.2, 0.25) is 0 Å². The molecule has 0 saturated heterocycles. The summed E-state index contributed by atoms with van der Waals surface area (Å²) in [6, 6.07) is 17.6. The van der Waals surface area contributed by atoms with Crippen molar-refractivity contribution in [2.45, 2.75) is 65.6 Å². The van der Waals surface area contributed by atoms with Crippen molar-refractivity contribution in [1.82, 2.24) is 48.3 Å². The predicted molar refractivity (Wildman–Crippen MR) is 221 cm³/mol. The van der Waals surface area contributed by atoms with E-state index < -0.39 is 11.7 Å². The molecule has 0 spiro atoms. The van der Waals surface area contributed by atoms with E-state index in [-0.39, 0.29) is 29.8 Å². The highest BCUT2D eigenvalue weighted by molar-refractivity contribution is 5.88. The van der Waals surface area contributed by atoms with Gasteiger partial charge >= 0.3 is 17.3 Å². The lowest BCUT2D eigenvalue weighted by molar-refractivity contribution is 0.0525. The van der Waals surface area contributed by atoms with E-state index in [9.17, 15) is 14.4 Å². The van der Waals surface area contributed by atoms with Crippen LogP contribution >= 0.6 is 0 Å². The molecule has 10 rings (SSSR count). The van der Waals surface area contributed by atoms with Crippen LogP contribution in [-0.4, -0.2) is 73.1 Å². The number of fused-ring (bicyclic) bond motifs is 2. The van der Waals surface area contributed by atoms with Crippen LogP contribution in [0.3, 0.4) is 0 Å². The molecule has 0 amide bonds. The van der Waals surface area contributed by atoms with Gasteiger partial charge in [-0.15, -0.1) is 9.36 Å². The topological polar surface area (TPSA) is 175 Å². The van der Waals surface area contributed by atoms with Gasteiger partial charge in [-0.1, -0.05) is 24.3 Å². The second-order valence-electron chi connectivity index (χ2n) is 14.6. The first kappa shape index (κ1) is 38.1. The van der Waals surface area contributed by atoms with Crippen LogP contribution in [0.15, 0.2) is 108 Å². The molecule has 2 aliphatic rings. The second kappa shape index (κ2) is 15.7. The van der Waals surface area contributed by atoms with Crippen molar-refractivity contribution < 1.29 is 19.0 Å². The largest absolute Gasteiger partial charge is 0.490 e. The lowest BCUT2D eigenvalue weighted by Gasteiger charge is -2.11. The Bertz CT molecular complexity index is 3020. The molecular formula is C44H40N10O6. The minimum absolute atomic E-state index is 0.0714. The van der Waals surface area contributed by atoms with Crippen molar-refractivity contribution in [3.8, 4) is 45.6 Å². The highest BCUT2D eigenvalue weighted by atomic mass is 16.5. The quantitative estimate of drug-likeness (QED) is 0.146. The van der Waals surface area contributed by atoms with E-state index in [1.807, 2.05) is 75.5 Å². The number of hydrogen-bond donors (Lipinski definition) is 0. The normalized spacial score (nSPS) is 13.5. The number of esters is 1. The molecule has 2 aliphatic carbocycles. The van der Waals surface area contributed by atoms with Crippen molar-refractivity contribution in [1.29, 1.82) is 0 Å². The Kier molecular flexibility index (Phi) is 9.95. The van der Waals surface area contributed by atoms with Gasteiger partial charge in [0.05, 0.1) is 47.8 Å². The fraction of sp³-hybridized carbons (Fsp3) is 0.250. The van der Waals surface area contributed by atoms with Gasteiger partial charge in [0.25, 0.3) is 11.9 Å². The number of rotatable bonds is 10. The molecule has 0 radical (unpaired) electrons. The molecule has 16 heteroatoms. The number of hydrogen-bond acceptors (Lipinski definition) is 12. The van der Waals surface area contributed by atoms with E-state index >= 15 is 0 Å². The molecule has 2 saturated carbocycles. The maximum absolute atomic E-state index is 13.4. The Hall–Kier alpha value is -7.49. The molecule has 6 aromatic heterocycles. The molecule has 2 aromatic carbocycles. The van der Waals surface area contributed by atoms with Gasteiger partial charge in [-0.2, -0.15) is 10.2 Å². The van der Waals surface area contributed by atoms with Crippen LogP contribution in [-0.2, 0) is 4.74 Å². The van der Waals surface area contributed by atoms with Gasteiger partial charge in [0, 0.05) is 47.8 Å². The van der Waals surface area contributed by atoms with Gasteiger partial charge in [-0.3, -0.25) is 8.80 Å². The number of aromatic nitrogens is 10. The number of benzene rings is 2. The van der Waals surface area contributed by atoms with E-state index in [1.165, 1.54) is 17.1 Å². The molecule has 2 fully saturated rings. The Morgan fingerprint density at radius 3 is 2.15 bits per heavy atom. The molecular weight excluding hydrogens is 765 g/mol. The lowest BCUT2D eigenvalue weighted by Crippen LogP contribution is -2.29. The summed E-state index contributed by atoms with van der Waals surface area (Å²) in [6.07, 6.45) is 16.0. The number of carbonyl (C=O) groups is 1. The van der Waals surface area contributed by atoms with Crippen LogP contribution in [0.25, 0.3) is 45.2 Å². The molecule has 0 bridgehead atoms. The van der Waals surface area contributed by atoms with Gasteiger partial charge in [0.15, 0.2) is 0 Å². The number of ether oxygens (including phenoxy) is 3. The third kappa shape index (κ3) is 7.38. The summed E-state index contributed by atoms with van der Waals surface area (Å²) in [6.45, 7) is 7.90. The molecule has 8 aromatic rings. The summed E-state index contributed by atoms with van der Waals surface area (Å²) >= 11 is 0. The van der Waals surface area contributed by atoms with Crippen LogP contribution in [0.4, 0.5) is 0 Å². The molecule has 60 heavy (non-hydrogen) atoms. The average molecular weight is 805 g/mol. The van der Waals surface area contributed by atoms with Crippen molar-refractivity contribution in [3.63, 3.8) is 0 Å². The number of carbonyl (C=O) groups excluding carboxylic acids is 1. The predicted octanol–water partition coefficient (Wildman–Crippen LogP) is 6.07. The molecule has 0 atom stereocenters. The van der Waals surface area contributed by atoms with E-state index in [0.29, 0.717) is 17.7 Å². The molecule has 6 heterocycles. The van der Waals surface area contributed by atoms with E-state index in [1.54, 1.807) is 46.6 Å². The SMILES string of the molecule is CCOC(=O)c1cnc(-n2ncc3c(C)c(-c4cccc(OC5CC5)c4)c(C)n3c2=O)nc1.Cc1c(OC2CC2)cccc1-c1cc2cnn(-c3ncccn3)c(=O)n2c1. The van der Waals surface area contributed by atoms with Gasteiger partial charge in [-0.25, -0.2) is 34.3 Å². The van der Waals surface area contributed by atoms with Crippen molar-refractivity contribution in [2.75, 3.05) is 6.61 Å². The molecule has 0 unspecified atom stereocenters. The van der Waals surface area contributed by atoms with Crippen molar-refractivity contribution in [2.24, 2.45) is 0 Å². The average Bonchev–Trinajstić information content (AvgIpc) is 4.20. The zero-order valence-corrected chi connectivity index (χ0v) is 33.3. The molecule has 16 nitrogen and oxygen atoms in total. The van der Waals surface area contributed by atoms with Crippen LogP contribution in [0.1, 0.15) is 59.8 Å². The van der Waals surface area contributed by atoms with E-state index in [4.69, 9.17) is 14.2 Å². The standard InChI is InChI=1S/C24H23N5O4.C20H17N5O2/c1-4-32-22(30)17-11-25-23(26-12-17)29-24(31)28-15(3)21(14(2)20(28)13-27-29)16-6-5-7-19(10-16)33-18-8-9-18;1-13-17(4-2-5-18(13)27-16-6-7-16)14-10-15-11-23-25(20(26)24(15)12-14)19-21-8-3-9-22-19/h5-7,10-13,18H,4,8-9H2,1-3H3;2-5,8-12,16H,6-7H2,1H3. The third-order valence-corrected chi connectivity index (χ3v) is 10.4. The zero-order chi connectivity index (χ0) is 41.5. The number of aryl methyl sites for hydroxylation is 2. The Morgan fingerprint density at radius 2 is 1.42 bits per heavy atom. The van der Waals surface area contributed by atoms with Gasteiger partial charge < -0.3 is 14.2 Å². The summed E-state index contributed by atoms with van der Waals surface area (Å²) in [5.74, 6) is 1.53. The summed E-state index contributed by atoms with van der Waals surface area (Å²) < 4.78 is 22.4. The monoisotopic (exact) mass is 804 g/mol. The molecule has 302 valence electrons. The first-order chi connectivity index (χ1) is 29.2. The van der Waals surface area contributed by atoms with Gasteiger partial charge in [0.1, 0.15) is 11.5 Å². The Labute approximate surface area is 342 Å².